The summed E-state index contributed by atoms with van der Waals surface area (Å²) in [7, 11) is 0. The molecule has 2 rings (SSSR count). The Bertz CT molecular complexity index is 396. The zero-order valence-electron chi connectivity index (χ0n) is 10.2. The third-order valence-electron chi connectivity index (χ3n) is 3.96. The van der Waals surface area contributed by atoms with Crippen LogP contribution >= 0.6 is 0 Å². The highest BCUT2D eigenvalue weighted by atomic mass is 19.4. The molecule has 4 heteroatoms. The molecule has 0 spiro atoms. The van der Waals surface area contributed by atoms with E-state index in [1.54, 1.807) is 12.1 Å². The normalized spacial score (nSPS) is 28.6. The van der Waals surface area contributed by atoms with E-state index in [0.29, 0.717) is 5.92 Å². The minimum atomic E-state index is -4.27. The number of benzene rings is 1. The van der Waals surface area contributed by atoms with Crippen molar-refractivity contribution in [3.05, 3.63) is 35.4 Å². The van der Waals surface area contributed by atoms with E-state index >= 15 is 0 Å². The summed E-state index contributed by atoms with van der Waals surface area (Å²) >= 11 is 0. The third kappa shape index (κ3) is 2.86. The van der Waals surface area contributed by atoms with Gasteiger partial charge in [-0.1, -0.05) is 19.1 Å². The van der Waals surface area contributed by atoms with Crippen LogP contribution in [0.4, 0.5) is 13.2 Å². The molecule has 100 valence electrons. The molecular weight excluding hydrogens is 241 g/mol. The molecular formula is C14H17F3O. The summed E-state index contributed by atoms with van der Waals surface area (Å²) in [5.41, 5.74) is 0.305. The average Bonchev–Trinajstić information content (AvgIpc) is 2.61. The van der Waals surface area contributed by atoms with Gasteiger partial charge in [0, 0.05) is 0 Å². The first-order valence-electron chi connectivity index (χ1n) is 6.22. The zero-order valence-corrected chi connectivity index (χ0v) is 10.2. The molecule has 3 unspecified atom stereocenters. The molecule has 1 aliphatic rings. The van der Waals surface area contributed by atoms with E-state index in [-0.39, 0.29) is 12.0 Å². The van der Waals surface area contributed by atoms with Crippen molar-refractivity contribution in [2.75, 3.05) is 0 Å². The molecule has 0 bridgehead atoms. The molecule has 18 heavy (non-hydrogen) atoms. The molecule has 1 nitrogen and oxygen atoms in total. The van der Waals surface area contributed by atoms with Gasteiger partial charge < -0.3 is 5.11 Å². The summed E-state index contributed by atoms with van der Waals surface area (Å²) in [6.45, 7) is 2.01. The van der Waals surface area contributed by atoms with E-state index in [4.69, 9.17) is 0 Å². The Morgan fingerprint density at radius 1 is 1.17 bits per heavy atom. The first-order chi connectivity index (χ1) is 8.38. The quantitative estimate of drug-likeness (QED) is 0.858. The Balaban J connectivity index is 2.03. The van der Waals surface area contributed by atoms with Crippen LogP contribution in [-0.2, 0) is 12.6 Å². The highest BCUT2D eigenvalue weighted by Crippen LogP contribution is 2.35. The van der Waals surface area contributed by atoms with Gasteiger partial charge in [-0.2, -0.15) is 13.2 Å². The van der Waals surface area contributed by atoms with Gasteiger partial charge >= 0.3 is 6.18 Å². The molecule has 1 aromatic rings. The lowest BCUT2D eigenvalue weighted by Crippen LogP contribution is -2.17. The van der Waals surface area contributed by atoms with Crippen molar-refractivity contribution in [1.82, 2.24) is 0 Å². The van der Waals surface area contributed by atoms with Crippen LogP contribution in [0.3, 0.4) is 0 Å². The van der Waals surface area contributed by atoms with E-state index < -0.39 is 11.7 Å². The van der Waals surface area contributed by atoms with Crippen molar-refractivity contribution in [2.45, 2.75) is 38.5 Å². The average molecular weight is 258 g/mol. The molecule has 0 aromatic heterocycles. The highest BCUT2D eigenvalue weighted by molar-refractivity contribution is 5.25. The second-order valence-corrected chi connectivity index (χ2v) is 5.16. The number of halogens is 3. The molecule has 1 aromatic carbocycles. The monoisotopic (exact) mass is 258 g/mol. The van der Waals surface area contributed by atoms with Crippen LogP contribution in [0.15, 0.2) is 24.3 Å². The Morgan fingerprint density at radius 2 is 1.78 bits per heavy atom. The number of alkyl halides is 3. The fraction of sp³-hybridized carbons (Fsp3) is 0.571. The van der Waals surface area contributed by atoms with E-state index in [1.807, 2.05) is 6.92 Å². The fourth-order valence-corrected chi connectivity index (χ4v) is 2.65. The smallest absolute Gasteiger partial charge is 0.393 e. The maximum absolute atomic E-state index is 12.4. The molecule has 0 heterocycles. The fourth-order valence-electron chi connectivity index (χ4n) is 2.65. The first-order valence-corrected chi connectivity index (χ1v) is 6.22. The number of hydrogen-bond acceptors (Lipinski definition) is 1. The van der Waals surface area contributed by atoms with Crippen molar-refractivity contribution < 1.29 is 18.3 Å². The molecule has 1 aliphatic carbocycles. The van der Waals surface area contributed by atoms with E-state index in [9.17, 15) is 18.3 Å². The second kappa shape index (κ2) is 4.92. The van der Waals surface area contributed by atoms with Crippen molar-refractivity contribution in [1.29, 1.82) is 0 Å². The Labute approximate surface area is 105 Å². The Kier molecular flexibility index (Phi) is 3.66. The van der Waals surface area contributed by atoms with Crippen molar-refractivity contribution in [3.63, 3.8) is 0 Å². The number of rotatable bonds is 2. The molecule has 1 saturated carbocycles. The largest absolute Gasteiger partial charge is 0.416 e. The predicted octanol–water partition coefficient (Wildman–Crippen LogP) is 3.65. The van der Waals surface area contributed by atoms with Gasteiger partial charge in [-0.3, -0.25) is 0 Å². The topological polar surface area (TPSA) is 20.2 Å². The minimum Gasteiger partial charge on any atom is -0.393 e. The summed E-state index contributed by atoms with van der Waals surface area (Å²) in [6.07, 6.45) is -2.04. The number of aliphatic hydroxyl groups is 1. The van der Waals surface area contributed by atoms with Gasteiger partial charge in [-0.15, -0.1) is 0 Å². The van der Waals surface area contributed by atoms with Crippen molar-refractivity contribution in [3.8, 4) is 0 Å². The molecule has 0 amide bonds. The van der Waals surface area contributed by atoms with Crippen LogP contribution in [-0.4, -0.2) is 11.2 Å². The molecule has 1 fully saturated rings. The lowest BCUT2D eigenvalue weighted by atomic mass is 9.90. The summed E-state index contributed by atoms with van der Waals surface area (Å²) in [4.78, 5) is 0. The summed E-state index contributed by atoms with van der Waals surface area (Å²) < 4.78 is 37.2. The van der Waals surface area contributed by atoms with Crippen LogP contribution in [0.1, 0.15) is 30.9 Å². The van der Waals surface area contributed by atoms with Gasteiger partial charge in [0.2, 0.25) is 0 Å². The van der Waals surface area contributed by atoms with Gasteiger partial charge in [0.25, 0.3) is 0 Å². The number of hydrogen-bond donors (Lipinski definition) is 1. The minimum absolute atomic E-state index is 0.229. The van der Waals surface area contributed by atoms with Crippen LogP contribution in [0.5, 0.6) is 0 Å². The SMILES string of the molecule is CC1C(O)CCC1Cc1ccc(C(F)(F)F)cc1. The highest BCUT2D eigenvalue weighted by Gasteiger charge is 2.32. The summed E-state index contributed by atoms with van der Waals surface area (Å²) in [6, 6.07) is 5.34. The predicted molar refractivity (Wildman–Crippen MR) is 63.0 cm³/mol. The van der Waals surface area contributed by atoms with Crippen molar-refractivity contribution >= 4 is 0 Å². The molecule has 3 atom stereocenters. The van der Waals surface area contributed by atoms with Crippen LogP contribution in [0.2, 0.25) is 0 Å². The van der Waals surface area contributed by atoms with Gasteiger partial charge in [0.15, 0.2) is 0 Å². The third-order valence-corrected chi connectivity index (χ3v) is 3.96. The van der Waals surface area contributed by atoms with E-state index in [0.717, 1.165) is 37.0 Å². The van der Waals surface area contributed by atoms with Gasteiger partial charge in [-0.05, 0) is 48.8 Å². The lowest BCUT2D eigenvalue weighted by Gasteiger charge is -2.17. The molecule has 1 N–H and O–H groups in total. The van der Waals surface area contributed by atoms with Gasteiger partial charge in [-0.25, -0.2) is 0 Å². The first kappa shape index (κ1) is 13.4. The van der Waals surface area contributed by atoms with E-state index in [2.05, 4.69) is 0 Å². The van der Waals surface area contributed by atoms with Gasteiger partial charge in [0.1, 0.15) is 0 Å². The summed E-state index contributed by atoms with van der Waals surface area (Å²) in [5, 5.41) is 9.65. The van der Waals surface area contributed by atoms with Crippen LogP contribution in [0.25, 0.3) is 0 Å². The van der Waals surface area contributed by atoms with Gasteiger partial charge in [0.05, 0.1) is 11.7 Å². The molecule has 0 aliphatic heterocycles. The number of aliphatic hydroxyl groups excluding tert-OH is 1. The van der Waals surface area contributed by atoms with Crippen LogP contribution < -0.4 is 0 Å². The zero-order chi connectivity index (χ0) is 13.3. The maximum atomic E-state index is 12.4. The maximum Gasteiger partial charge on any atom is 0.416 e. The lowest BCUT2D eigenvalue weighted by molar-refractivity contribution is -0.137. The Morgan fingerprint density at radius 3 is 2.22 bits per heavy atom. The standard InChI is InChI=1S/C14H17F3O/c1-9-11(4-7-13(9)18)8-10-2-5-12(6-3-10)14(15,16)17/h2-3,5-6,9,11,13,18H,4,7-8H2,1H3. The second-order valence-electron chi connectivity index (χ2n) is 5.16. The van der Waals surface area contributed by atoms with Crippen LogP contribution in [0, 0.1) is 11.8 Å². The van der Waals surface area contributed by atoms with E-state index in [1.165, 1.54) is 0 Å². The summed E-state index contributed by atoms with van der Waals surface area (Å²) in [5.74, 6) is 0.601. The Hall–Kier alpha value is -1.03. The molecule has 0 radical (unpaired) electrons. The van der Waals surface area contributed by atoms with Crippen molar-refractivity contribution in [2.24, 2.45) is 11.8 Å². The molecule has 0 saturated heterocycles.